The number of nitrogens with zero attached hydrogens (tertiary/aromatic N) is 2. The van der Waals surface area contributed by atoms with Crippen LogP contribution in [0.5, 0.6) is 0 Å². The first kappa shape index (κ1) is 14.8. The van der Waals surface area contributed by atoms with E-state index in [2.05, 4.69) is 22.2 Å². The van der Waals surface area contributed by atoms with Gasteiger partial charge in [-0.15, -0.1) is 0 Å². The second kappa shape index (κ2) is 6.70. The average molecular weight is 277 g/mol. The Balaban J connectivity index is 2.04. The van der Waals surface area contributed by atoms with Gasteiger partial charge in [0, 0.05) is 13.6 Å². The molecule has 0 aliphatic carbocycles. The van der Waals surface area contributed by atoms with Crippen LogP contribution in [0.1, 0.15) is 28.9 Å². The van der Waals surface area contributed by atoms with E-state index in [1.54, 1.807) is 6.07 Å². The molecule has 2 rings (SSSR count). The lowest BCUT2D eigenvalue weighted by molar-refractivity contribution is 0.0599. The van der Waals surface area contributed by atoms with E-state index in [-0.39, 0.29) is 5.97 Å². The monoisotopic (exact) mass is 277 g/mol. The molecular weight excluding hydrogens is 254 g/mol. The van der Waals surface area contributed by atoms with Gasteiger partial charge in [-0.1, -0.05) is 0 Å². The fraction of sp³-hybridized carbons (Fsp3) is 0.600. The van der Waals surface area contributed by atoms with Crippen molar-refractivity contribution < 1.29 is 9.53 Å². The number of rotatable bonds is 4. The zero-order valence-electron chi connectivity index (χ0n) is 12.5. The lowest BCUT2D eigenvalue weighted by atomic mass is 9.98. The molecule has 1 aliphatic heterocycles. The fourth-order valence-corrected chi connectivity index (χ4v) is 2.63. The smallest absolute Gasteiger partial charge is 0.339 e. The van der Waals surface area contributed by atoms with Gasteiger partial charge < -0.3 is 15.0 Å². The van der Waals surface area contributed by atoms with Crippen LogP contribution in [0.2, 0.25) is 0 Å². The minimum Gasteiger partial charge on any atom is -0.465 e. The predicted molar refractivity (Wildman–Crippen MR) is 79.2 cm³/mol. The Bertz CT molecular complexity index is 470. The molecule has 0 bridgehead atoms. The predicted octanol–water partition coefficient (Wildman–Crippen LogP) is 1.61. The quantitative estimate of drug-likeness (QED) is 0.847. The van der Waals surface area contributed by atoms with Crippen LogP contribution in [-0.2, 0) is 4.74 Å². The summed E-state index contributed by atoms with van der Waals surface area (Å²) in [5.41, 5.74) is 1.25. The molecule has 1 saturated heterocycles. The van der Waals surface area contributed by atoms with Crippen LogP contribution in [0, 0.1) is 12.8 Å². The molecule has 20 heavy (non-hydrogen) atoms. The Hall–Kier alpha value is -1.62. The molecule has 1 N–H and O–H groups in total. The largest absolute Gasteiger partial charge is 0.465 e. The number of hydrogen-bond acceptors (Lipinski definition) is 5. The topological polar surface area (TPSA) is 54.5 Å². The van der Waals surface area contributed by atoms with Gasteiger partial charge in [0.2, 0.25) is 0 Å². The maximum absolute atomic E-state index is 11.5. The number of piperidine rings is 1. The third kappa shape index (κ3) is 3.48. The van der Waals surface area contributed by atoms with Gasteiger partial charge in [-0.05, 0) is 50.9 Å². The molecule has 1 fully saturated rings. The Kier molecular flexibility index (Phi) is 4.95. The van der Waals surface area contributed by atoms with E-state index in [1.165, 1.54) is 20.0 Å². The summed E-state index contributed by atoms with van der Waals surface area (Å²) in [7, 11) is 3.44. The van der Waals surface area contributed by atoms with Crippen molar-refractivity contribution in [3.05, 3.63) is 23.4 Å². The normalized spacial score (nSPS) is 15.9. The Labute approximate surface area is 120 Å². The third-order valence-electron chi connectivity index (χ3n) is 3.86. The fourth-order valence-electron chi connectivity index (χ4n) is 2.63. The maximum atomic E-state index is 11.5. The van der Waals surface area contributed by atoms with Gasteiger partial charge in [-0.2, -0.15) is 0 Å². The first-order chi connectivity index (χ1) is 9.61. The van der Waals surface area contributed by atoms with Gasteiger partial charge in [-0.3, -0.25) is 0 Å². The third-order valence-corrected chi connectivity index (χ3v) is 3.86. The molecule has 0 amide bonds. The van der Waals surface area contributed by atoms with Crippen molar-refractivity contribution in [2.75, 3.05) is 38.7 Å². The van der Waals surface area contributed by atoms with Gasteiger partial charge in [0.25, 0.3) is 0 Å². The van der Waals surface area contributed by atoms with E-state index in [4.69, 9.17) is 4.74 Å². The lowest BCUT2D eigenvalue weighted by Crippen LogP contribution is -2.34. The molecule has 1 aromatic rings. The van der Waals surface area contributed by atoms with Gasteiger partial charge in [0.05, 0.1) is 18.4 Å². The van der Waals surface area contributed by atoms with Gasteiger partial charge >= 0.3 is 5.97 Å². The summed E-state index contributed by atoms with van der Waals surface area (Å²) in [6.45, 7) is 5.05. The number of methoxy groups -OCH3 is 1. The number of aryl methyl sites for hydroxylation is 1. The minimum absolute atomic E-state index is 0.331. The second-order valence-electron chi connectivity index (χ2n) is 5.37. The summed E-state index contributed by atoms with van der Waals surface area (Å²) < 4.78 is 4.74. The van der Waals surface area contributed by atoms with Gasteiger partial charge in [0.1, 0.15) is 5.82 Å². The molecule has 110 valence electrons. The van der Waals surface area contributed by atoms with Crippen LogP contribution < -0.4 is 10.2 Å². The average Bonchev–Trinajstić information content (AvgIpc) is 2.47. The van der Waals surface area contributed by atoms with Crippen molar-refractivity contribution in [2.24, 2.45) is 5.92 Å². The molecule has 2 heterocycles. The summed E-state index contributed by atoms with van der Waals surface area (Å²) in [5, 5.41) is 3.38. The zero-order valence-corrected chi connectivity index (χ0v) is 12.5. The number of carbonyl (C=O) groups excluding carboxylic acids is 1. The molecular formula is C15H23N3O2. The standard InChI is InChI=1S/C15H23N3O2/c1-11-13(15(19)20-3)4-5-14(17-11)18(2)10-12-6-8-16-9-7-12/h4-5,12,16H,6-10H2,1-3H3. The van der Waals surface area contributed by atoms with Crippen LogP contribution >= 0.6 is 0 Å². The second-order valence-corrected chi connectivity index (χ2v) is 5.37. The molecule has 0 aromatic carbocycles. The summed E-state index contributed by atoms with van der Waals surface area (Å²) in [5.74, 6) is 1.29. The first-order valence-corrected chi connectivity index (χ1v) is 7.09. The van der Waals surface area contributed by atoms with Crippen LogP contribution in [-0.4, -0.2) is 44.7 Å². The number of pyridine rings is 1. The van der Waals surface area contributed by atoms with E-state index in [1.807, 2.05) is 13.0 Å². The Morgan fingerprint density at radius 3 is 2.75 bits per heavy atom. The Morgan fingerprint density at radius 1 is 1.45 bits per heavy atom. The van der Waals surface area contributed by atoms with Crippen molar-refractivity contribution >= 4 is 11.8 Å². The van der Waals surface area contributed by atoms with Gasteiger partial charge in [-0.25, -0.2) is 9.78 Å². The first-order valence-electron chi connectivity index (χ1n) is 7.09. The number of nitrogens with one attached hydrogen (secondary N) is 1. The highest BCUT2D eigenvalue weighted by atomic mass is 16.5. The van der Waals surface area contributed by atoms with E-state index in [0.29, 0.717) is 17.2 Å². The zero-order chi connectivity index (χ0) is 14.5. The number of ether oxygens (including phenoxy) is 1. The van der Waals surface area contributed by atoms with Crippen LogP contribution in [0.25, 0.3) is 0 Å². The maximum Gasteiger partial charge on any atom is 0.339 e. The molecule has 1 aliphatic rings. The van der Waals surface area contributed by atoms with E-state index in [9.17, 15) is 4.79 Å². The molecule has 0 unspecified atom stereocenters. The van der Waals surface area contributed by atoms with Crippen LogP contribution in [0.4, 0.5) is 5.82 Å². The molecule has 0 saturated carbocycles. The van der Waals surface area contributed by atoms with E-state index < -0.39 is 0 Å². The molecule has 5 nitrogen and oxygen atoms in total. The summed E-state index contributed by atoms with van der Waals surface area (Å²) in [4.78, 5) is 18.2. The van der Waals surface area contributed by atoms with Gasteiger partial charge in [0.15, 0.2) is 0 Å². The molecule has 1 aromatic heterocycles. The molecule has 0 radical (unpaired) electrons. The van der Waals surface area contributed by atoms with Crippen LogP contribution in [0.15, 0.2) is 12.1 Å². The lowest BCUT2D eigenvalue weighted by Gasteiger charge is -2.28. The SMILES string of the molecule is COC(=O)c1ccc(N(C)CC2CCNCC2)nc1C. The highest BCUT2D eigenvalue weighted by Crippen LogP contribution is 2.19. The summed E-state index contributed by atoms with van der Waals surface area (Å²) in [6.07, 6.45) is 2.42. The van der Waals surface area contributed by atoms with Crippen LogP contribution in [0.3, 0.4) is 0 Å². The number of esters is 1. The van der Waals surface area contributed by atoms with Crippen molar-refractivity contribution in [3.8, 4) is 0 Å². The number of hydrogen-bond donors (Lipinski definition) is 1. The number of aromatic nitrogens is 1. The number of anilines is 1. The molecule has 0 atom stereocenters. The Morgan fingerprint density at radius 2 is 2.15 bits per heavy atom. The molecule has 0 spiro atoms. The van der Waals surface area contributed by atoms with Crippen molar-refractivity contribution in [1.82, 2.24) is 10.3 Å². The van der Waals surface area contributed by atoms with Crippen molar-refractivity contribution in [3.63, 3.8) is 0 Å². The van der Waals surface area contributed by atoms with E-state index >= 15 is 0 Å². The number of carbonyl (C=O) groups is 1. The molecule has 5 heteroatoms. The summed E-state index contributed by atoms with van der Waals surface area (Å²) >= 11 is 0. The highest BCUT2D eigenvalue weighted by Gasteiger charge is 2.17. The minimum atomic E-state index is -0.331. The van der Waals surface area contributed by atoms with Crippen molar-refractivity contribution in [1.29, 1.82) is 0 Å². The van der Waals surface area contributed by atoms with Crippen molar-refractivity contribution in [2.45, 2.75) is 19.8 Å². The van der Waals surface area contributed by atoms with E-state index in [0.717, 1.165) is 25.5 Å². The highest BCUT2D eigenvalue weighted by molar-refractivity contribution is 5.90. The summed E-state index contributed by atoms with van der Waals surface area (Å²) in [6, 6.07) is 3.68.